The fourth-order valence-corrected chi connectivity index (χ4v) is 4.75. The molecule has 5 rings (SSSR count). The van der Waals surface area contributed by atoms with Gasteiger partial charge in [-0.25, -0.2) is 9.78 Å². The van der Waals surface area contributed by atoms with Crippen LogP contribution in [0.4, 0.5) is 0 Å². The van der Waals surface area contributed by atoms with Crippen molar-refractivity contribution in [2.24, 2.45) is 0 Å². The molecule has 0 bridgehead atoms. The van der Waals surface area contributed by atoms with E-state index in [-0.39, 0.29) is 12.5 Å². The summed E-state index contributed by atoms with van der Waals surface area (Å²) in [6.07, 6.45) is 1.61. The Kier molecular flexibility index (Phi) is 6.05. The third-order valence-corrected chi connectivity index (χ3v) is 6.79. The van der Waals surface area contributed by atoms with Crippen LogP contribution in [0.3, 0.4) is 0 Å². The van der Waals surface area contributed by atoms with Crippen LogP contribution in [0, 0.1) is 0 Å². The van der Waals surface area contributed by atoms with Crippen LogP contribution >= 0.6 is 34.4 Å². The van der Waals surface area contributed by atoms with Gasteiger partial charge in [-0.05, 0) is 35.0 Å². The average molecular weight is 484 g/mol. The average Bonchev–Trinajstić information content (AvgIpc) is 3.63. The topological polar surface area (TPSA) is 117 Å². The predicted octanol–water partition coefficient (Wildman–Crippen LogP) is 4.95. The second-order valence-corrected chi connectivity index (χ2v) is 9.06. The Hall–Kier alpha value is -3.35. The standard InChI is InChI=1S/C20H13N5O4S3/c26-20(27-10-15-22-17(24-28-15)13-5-2-8-30-13)12-4-1-7-21-19(12)32-11-16-23-18(25-29-16)14-6-3-9-31-14/h1-9H,10-11H2. The number of ether oxygens (including phenoxy) is 1. The molecule has 0 radical (unpaired) electrons. The summed E-state index contributed by atoms with van der Waals surface area (Å²) in [5.74, 6) is 1.48. The monoisotopic (exact) mass is 483 g/mol. The van der Waals surface area contributed by atoms with E-state index in [1.54, 1.807) is 18.3 Å². The largest absolute Gasteiger partial charge is 0.452 e. The first kappa shape index (κ1) is 20.5. The molecule has 0 aliphatic heterocycles. The van der Waals surface area contributed by atoms with Crippen LogP contribution in [-0.2, 0) is 17.1 Å². The minimum Gasteiger partial charge on any atom is -0.452 e. The summed E-state index contributed by atoms with van der Waals surface area (Å²) in [4.78, 5) is 27.4. The summed E-state index contributed by atoms with van der Waals surface area (Å²) in [6, 6.07) is 10.9. The van der Waals surface area contributed by atoms with E-state index in [1.807, 2.05) is 35.0 Å². The molecule has 5 heterocycles. The van der Waals surface area contributed by atoms with Crippen molar-refractivity contribution >= 4 is 40.4 Å². The zero-order valence-electron chi connectivity index (χ0n) is 16.2. The fraction of sp³-hybridized carbons (Fsp3) is 0.100. The van der Waals surface area contributed by atoms with Crippen LogP contribution < -0.4 is 0 Å². The van der Waals surface area contributed by atoms with E-state index < -0.39 is 5.97 Å². The molecule has 0 atom stereocenters. The van der Waals surface area contributed by atoms with Gasteiger partial charge in [0.25, 0.3) is 5.89 Å². The van der Waals surface area contributed by atoms with Crippen LogP contribution in [0.15, 0.2) is 67.4 Å². The fourth-order valence-electron chi connectivity index (χ4n) is 2.64. The molecule has 0 aliphatic carbocycles. The summed E-state index contributed by atoms with van der Waals surface area (Å²) >= 11 is 4.34. The number of nitrogens with zero attached hydrogens (tertiary/aromatic N) is 5. The minimum atomic E-state index is -0.540. The molecule has 0 saturated heterocycles. The van der Waals surface area contributed by atoms with Crippen LogP contribution in [0.5, 0.6) is 0 Å². The maximum Gasteiger partial charge on any atom is 0.341 e. The highest BCUT2D eigenvalue weighted by atomic mass is 32.2. The molecule has 5 aromatic rings. The Morgan fingerprint density at radius 3 is 2.31 bits per heavy atom. The van der Waals surface area contributed by atoms with Gasteiger partial charge in [0, 0.05) is 6.20 Å². The first-order chi connectivity index (χ1) is 15.8. The van der Waals surface area contributed by atoms with Gasteiger partial charge in [0.05, 0.1) is 21.1 Å². The van der Waals surface area contributed by atoms with E-state index in [2.05, 4.69) is 25.3 Å². The van der Waals surface area contributed by atoms with Crippen molar-refractivity contribution in [1.29, 1.82) is 0 Å². The lowest BCUT2D eigenvalue weighted by Crippen LogP contribution is -2.08. The van der Waals surface area contributed by atoms with Crippen LogP contribution in [0.2, 0.25) is 0 Å². The normalized spacial score (nSPS) is 11.0. The number of hydrogen-bond donors (Lipinski definition) is 0. The Labute approximate surface area is 193 Å². The molecule has 0 N–H and O–H groups in total. The second-order valence-electron chi connectivity index (χ2n) is 6.20. The number of pyridine rings is 1. The lowest BCUT2D eigenvalue weighted by molar-refractivity contribution is 0.0424. The number of thiophene rings is 2. The molecule has 0 amide bonds. The van der Waals surface area contributed by atoms with E-state index in [4.69, 9.17) is 13.8 Å². The van der Waals surface area contributed by atoms with Crippen molar-refractivity contribution in [2.45, 2.75) is 17.4 Å². The zero-order chi connectivity index (χ0) is 21.8. The number of carbonyl (C=O) groups excluding carboxylic acids is 1. The van der Waals surface area contributed by atoms with Crippen molar-refractivity contribution in [3.05, 3.63) is 70.7 Å². The molecule has 32 heavy (non-hydrogen) atoms. The van der Waals surface area contributed by atoms with Gasteiger partial charge in [-0.3, -0.25) is 0 Å². The minimum absolute atomic E-state index is 0.135. The van der Waals surface area contributed by atoms with E-state index in [9.17, 15) is 4.79 Å². The van der Waals surface area contributed by atoms with Gasteiger partial charge in [-0.1, -0.05) is 34.2 Å². The molecular formula is C20H13N5O4S3. The Balaban J connectivity index is 1.22. The van der Waals surface area contributed by atoms with E-state index in [0.717, 1.165) is 9.75 Å². The van der Waals surface area contributed by atoms with Crippen molar-refractivity contribution in [3.63, 3.8) is 0 Å². The molecule has 9 nitrogen and oxygen atoms in total. The lowest BCUT2D eigenvalue weighted by Gasteiger charge is -2.06. The van der Waals surface area contributed by atoms with Gasteiger partial charge in [0.15, 0.2) is 6.61 Å². The summed E-state index contributed by atoms with van der Waals surface area (Å²) in [5.41, 5.74) is 0.327. The van der Waals surface area contributed by atoms with Crippen molar-refractivity contribution in [2.75, 3.05) is 0 Å². The third-order valence-electron chi connectivity index (χ3n) is 4.07. The number of aromatic nitrogens is 5. The molecule has 0 aromatic carbocycles. The highest BCUT2D eigenvalue weighted by Crippen LogP contribution is 2.27. The highest BCUT2D eigenvalue weighted by molar-refractivity contribution is 7.98. The summed E-state index contributed by atoms with van der Waals surface area (Å²) in [7, 11) is 0. The molecule has 0 aliphatic rings. The van der Waals surface area contributed by atoms with Gasteiger partial charge < -0.3 is 13.8 Å². The molecule has 5 aromatic heterocycles. The molecule has 0 saturated carbocycles. The predicted molar refractivity (Wildman–Crippen MR) is 118 cm³/mol. The van der Waals surface area contributed by atoms with Gasteiger partial charge in [-0.15, -0.1) is 22.7 Å². The van der Waals surface area contributed by atoms with E-state index in [1.165, 1.54) is 34.4 Å². The van der Waals surface area contributed by atoms with Gasteiger partial charge >= 0.3 is 5.97 Å². The lowest BCUT2D eigenvalue weighted by atomic mass is 10.3. The molecule has 160 valence electrons. The van der Waals surface area contributed by atoms with Crippen molar-refractivity contribution < 1.29 is 18.6 Å². The summed E-state index contributed by atoms with van der Waals surface area (Å²) in [6.45, 7) is -0.135. The number of thioether (sulfide) groups is 1. The SMILES string of the molecule is O=C(OCc1nc(-c2cccs2)no1)c1cccnc1SCc1nc(-c2cccs2)no1. The molecule has 12 heteroatoms. The summed E-state index contributed by atoms with van der Waals surface area (Å²) in [5, 5.41) is 12.3. The molecule has 0 spiro atoms. The molecular weight excluding hydrogens is 470 g/mol. The Morgan fingerprint density at radius 1 is 0.938 bits per heavy atom. The van der Waals surface area contributed by atoms with Crippen molar-refractivity contribution in [3.8, 4) is 21.4 Å². The highest BCUT2D eigenvalue weighted by Gasteiger charge is 2.18. The quantitative estimate of drug-likeness (QED) is 0.221. The number of esters is 1. The molecule has 0 fully saturated rings. The van der Waals surface area contributed by atoms with Gasteiger partial charge in [0.1, 0.15) is 5.03 Å². The zero-order valence-corrected chi connectivity index (χ0v) is 18.7. The smallest absolute Gasteiger partial charge is 0.341 e. The van der Waals surface area contributed by atoms with Crippen molar-refractivity contribution in [1.82, 2.24) is 25.3 Å². The Morgan fingerprint density at radius 2 is 1.62 bits per heavy atom. The van der Waals surface area contributed by atoms with Crippen LogP contribution in [0.1, 0.15) is 22.1 Å². The molecule has 0 unspecified atom stereocenters. The first-order valence-electron chi connectivity index (χ1n) is 9.24. The maximum absolute atomic E-state index is 12.6. The number of hydrogen-bond acceptors (Lipinski definition) is 12. The van der Waals surface area contributed by atoms with Crippen LogP contribution in [-0.4, -0.2) is 31.2 Å². The Bertz CT molecular complexity index is 1310. The van der Waals surface area contributed by atoms with E-state index >= 15 is 0 Å². The maximum atomic E-state index is 12.6. The summed E-state index contributed by atoms with van der Waals surface area (Å²) < 4.78 is 15.8. The van der Waals surface area contributed by atoms with E-state index in [0.29, 0.717) is 33.9 Å². The third kappa shape index (κ3) is 4.61. The second kappa shape index (κ2) is 9.42. The number of carbonyl (C=O) groups is 1. The van der Waals surface area contributed by atoms with Crippen LogP contribution in [0.25, 0.3) is 21.4 Å². The number of rotatable bonds is 8. The van der Waals surface area contributed by atoms with Gasteiger partial charge in [-0.2, -0.15) is 9.97 Å². The van der Waals surface area contributed by atoms with Gasteiger partial charge in [0.2, 0.25) is 17.5 Å². The first-order valence-corrected chi connectivity index (χ1v) is 12.0.